The van der Waals surface area contributed by atoms with E-state index in [9.17, 15) is 0 Å². The summed E-state index contributed by atoms with van der Waals surface area (Å²) in [6.45, 7) is 15.3. The molecule has 0 heterocycles. The van der Waals surface area contributed by atoms with E-state index in [-0.39, 0.29) is 11.5 Å². The Kier molecular flexibility index (Phi) is 5.19. The first kappa shape index (κ1) is 17.6. The second-order valence-corrected chi connectivity index (χ2v) is 7.24. The predicted molar refractivity (Wildman–Crippen MR) is 99.6 cm³/mol. The second-order valence-electron chi connectivity index (χ2n) is 7.24. The Bertz CT molecular complexity index is 682. The van der Waals surface area contributed by atoms with Crippen molar-refractivity contribution >= 4 is 0 Å². The molecule has 0 aliphatic carbocycles. The Balaban J connectivity index is 2.36. The normalized spacial score (nSPS) is 13.0. The van der Waals surface area contributed by atoms with E-state index in [2.05, 4.69) is 84.9 Å². The van der Waals surface area contributed by atoms with Gasteiger partial charge >= 0.3 is 0 Å². The maximum Gasteiger partial charge on any atom is 0.122 e. The van der Waals surface area contributed by atoms with Crippen LogP contribution in [-0.4, -0.2) is 6.10 Å². The number of rotatable bonds is 5. The van der Waals surface area contributed by atoms with E-state index in [1.807, 2.05) is 0 Å². The van der Waals surface area contributed by atoms with Crippen LogP contribution in [0.1, 0.15) is 61.9 Å². The van der Waals surface area contributed by atoms with E-state index in [0.29, 0.717) is 0 Å². The van der Waals surface area contributed by atoms with Crippen molar-refractivity contribution in [2.75, 3.05) is 0 Å². The Hall–Kier alpha value is -1.76. The number of aryl methyl sites for hydroxylation is 3. The molecule has 1 atom stereocenters. The molecule has 1 unspecified atom stereocenters. The van der Waals surface area contributed by atoms with Crippen LogP contribution in [0.3, 0.4) is 0 Å². The minimum absolute atomic E-state index is 0.0158. The highest BCUT2D eigenvalue weighted by atomic mass is 16.5. The van der Waals surface area contributed by atoms with Gasteiger partial charge in [0.1, 0.15) is 5.75 Å². The Morgan fingerprint density at radius 1 is 0.870 bits per heavy atom. The van der Waals surface area contributed by atoms with E-state index in [0.717, 1.165) is 12.2 Å². The standard InChI is InChI=1S/C22H30O/c1-8-18(5)23-21-12-11-20(14-17(21)4)22(6,7)19-10-9-15(2)16(3)13-19/h9-14,18H,8H2,1-7H3. The van der Waals surface area contributed by atoms with E-state index < -0.39 is 0 Å². The first-order valence-electron chi connectivity index (χ1n) is 8.61. The van der Waals surface area contributed by atoms with Gasteiger partial charge in [0.2, 0.25) is 0 Å². The van der Waals surface area contributed by atoms with E-state index >= 15 is 0 Å². The van der Waals surface area contributed by atoms with Gasteiger partial charge in [0, 0.05) is 5.41 Å². The zero-order valence-corrected chi connectivity index (χ0v) is 15.7. The minimum atomic E-state index is -0.0158. The Morgan fingerprint density at radius 2 is 1.43 bits per heavy atom. The maximum absolute atomic E-state index is 6.00. The van der Waals surface area contributed by atoms with E-state index in [4.69, 9.17) is 4.74 Å². The Morgan fingerprint density at radius 3 is 1.96 bits per heavy atom. The van der Waals surface area contributed by atoms with Crippen molar-refractivity contribution < 1.29 is 4.74 Å². The van der Waals surface area contributed by atoms with Gasteiger partial charge in [-0.15, -0.1) is 0 Å². The topological polar surface area (TPSA) is 9.23 Å². The molecule has 124 valence electrons. The SMILES string of the molecule is CCC(C)Oc1ccc(C(C)(C)c2ccc(C)c(C)c2)cc1C. The first-order valence-corrected chi connectivity index (χ1v) is 8.61. The van der Waals surface area contributed by atoms with Crippen LogP contribution in [0.4, 0.5) is 0 Å². The third-order valence-corrected chi connectivity index (χ3v) is 5.03. The fourth-order valence-corrected chi connectivity index (χ4v) is 2.77. The summed E-state index contributed by atoms with van der Waals surface area (Å²) in [5.74, 6) is 0.999. The smallest absolute Gasteiger partial charge is 0.122 e. The van der Waals surface area contributed by atoms with Crippen molar-refractivity contribution in [3.05, 3.63) is 64.2 Å². The lowest BCUT2D eigenvalue weighted by molar-refractivity contribution is 0.216. The molecular weight excluding hydrogens is 280 g/mol. The van der Waals surface area contributed by atoms with Crippen LogP contribution < -0.4 is 4.74 Å². The summed E-state index contributed by atoms with van der Waals surface area (Å²) in [6, 6.07) is 13.4. The Labute approximate surface area is 141 Å². The average molecular weight is 310 g/mol. The van der Waals surface area contributed by atoms with Crippen molar-refractivity contribution in [3.8, 4) is 5.75 Å². The summed E-state index contributed by atoms with van der Waals surface area (Å²) in [7, 11) is 0. The highest BCUT2D eigenvalue weighted by Gasteiger charge is 2.24. The minimum Gasteiger partial charge on any atom is -0.490 e. The molecule has 2 aromatic carbocycles. The van der Waals surface area contributed by atoms with Gasteiger partial charge in [-0.1, -0.05) is 51.1 Å². The molecule has 0 saturated heterocycles. The summed E-state index contributed by atoms with van der Waals surface area (Å²) in [6.07, 6.45) is 1.28. The molecule has 0 aliphatic rings. The van der Waals surface area contributed by atoms with Crippen LogP contribution in [0, 0.1) is 20.8 Å². The molecule has 1 nitrogen and oxygen atoms in total. The number of hydrogen-bond donors (Lipinski definition) is 0. The van der Waals surface area contributed by atoms with Crippen LogP contribution in [0.25, 0.3) is 0 Å². The van der Waals surface area contributed by atoms with Gasteiger partial charge in [-0.25, -0.2) is 0 Å². The summed E-state index contributed by atoms with van der Waals surface area (Å²) in [5, 5.41) is 0. The van der Waals surface area contributed by atoms with Gasteiger partial charge in [0.25, 0.3) is 0 Å². The lowest BCUT2D eigenvalue weighted by Crippen LogP contribution is -2.19. The fourth-order valence-electron chi connectivity index (χ4n) is 2.77. The van der Waals surface area contributed by atoms with E-state index in [1.165, 1.54) is 27.8 Å². The van der Waals surface area contributed by atoms with Gasteiger partial charge in [0.15, 0.2) is 0 Å². The molecule has 2 rings (SSSR count). The molecule has 23 heavy (non-hydrogen) atoms. The van der Waals surface area contributed by atoms with Gasteiger partial charge in [-0.05, 0) is 68.0 Å². The molecule has 0 saturated carbocycles. The largest absolute Gasteiger partial charge is 0.490 e. The number of benzene rings is 2. The number of ether oxygens (including phenoxy) is 1. The van der Waals surface area contributed by atoms with Gasteiger partial charge in [-0.2, -0.15) is 0 Å². The molecule has 1 heteroatoms. The quantitative estimate of drug-likeness (QED) is 0.647. The molecule has 2 aromatic rings. The van der Waals surface area contributed by atoms with Gasteiger partial charge in [0.05, 0.1) is 6.10 Å². The molecule has 0 aliphatic heterocycles. The highest BCUT2D eigenvalue weighted by molar-refractivity contribution is 5.45. The second kappa shape index (κ2) is 6.78. The summed E-state index contributed by atoms with van der Waals surface area (Å²) in [4.78, 5) is 0. The molecular formula is C22H30O. The predicted octanol–water partition coefficient (Wildman–Crippen LogP) is 6.12. The molecule has 0 radical (unpaired) electrons. The molecule has 0 bridgehead atoms. The van der Waals surface area contributed by atoms with Gasteiger partial charge < -0.3 is 4.74 Å². The van der Waals surface area contributed by atoms with Crippen LogP contribution in [-0.2, 0) is 5.41 Å². The first-order chi connectivity index (χ1) is 10.8. The zero-order valence-electron chi connectivity index (χ0n) is 15.7. The molecule has 0 fully saturated rings. The lowest BCUT2D eigenvalue weighted by atomic mass is 9.77. The summed E-state index contributed by atoms with van der Waals surface area (Å²) >= 11 is 0. The van der Waals surface area contributed by atoms with Crippen LogP contribution in [0.2, 0.25) is 0 Å². The molecule has 0 spiro atoms. The van der Waals surface area contributed by atoms with Crippen molar-refractivity contribution in [3.63, 3.8) is 0 Å². The average Bonchev–Trinajstić information content (AvgIpc) is 2.51. The monoisotopic (exact) mass is 310 g/mol. The fraction of sp³-hybridized carbons (Fsp3) is 0.455. The maximum atomic E-state index is 6.00. The zero-order chi connectivity index (χ0) is 17.2. The van der Waals surface area contributed by atoms with E-state index in [1.54, 1.807) is 0 Å². The molecule has 0 N–H and O–H groups in total. The lowest BCUT2D eigenvalue weighted by Gasteiger charge is -2.28. The van der Waals surface area contributed by atoms with Crippen LogP contribution in [0.5, 0.6) is 5.75 Å². The highest BCUT2D eigenvalue weighted by Crippen LogP contribution is 2.35. The molecule has 0 amide bonds. The third kappa shape index (κ3) is 3.77. The van der Waals surface area contributed by atoms with Crippen LogP contribution >= 0.6 is 0 Å². The van der Waals surface area contributed by atoms with Crippen molar-refractivity contribution in [1.29, 1.82) is 0 Å². The molecule has 0 aromatic heterocycles. The van der Waals surface area contributed by atoms with Crippen molar-refractivity contribution in [2.24, 2.45) is 0 Å². The van der Waals surface area contributed by atoms with Gasteiger partial charge in [-0.3, -0.25) is 0 Å². The van der Waals surface area contributed by atoms with Crippen LogP contribution in [0.15, 0.2) is 36.4 Å². The van der Waals surface area contributed by atoms with Crippen molar-refractivity contribution in [2.45, 2.75) is 66.4 Å². The summed E-state index contributed by atoms with van der Waals surface area (Å²) < 4.78 is 6.00. The summed E-state index contributed by atoms with van der Waals surface area (Å²) in [5.41, 5.74) is 6.57. The van der Waals surface area contributed by atoms with Crippen molar-refractivity contribution in [1.82, 2.24) is 0 Å². The third-order valence-electron chi connectivity index (χ3n) is 5.03. The number of hydrogen-bond acceptors (Lipinski definition) is 1.